The molecule has 0 aromatic heterocycles. The minimum absolute atomic E-state index is 0.000972. The number of rotatable bonds is 19. The quantitative estimate of drug-likeness (QED) is 0.183. The highest BCUT2D eigenvalue weighted by atomic mass is 16.6. The number of alkyl carbamates (subject to hydrolysis) is 1. The van der Waals surface area contributed by atoms with E-state index in [1.165, 1.54) is 0 Å². The third-order valence-corrected chi connectivity index (χ3v) is 6.83. The van der Waals surface area contributed by atoms with Gasteiger partial charge in [-0.3, -0.25) is 14.4 Å². The molecular formula is C32H54N4O5. The molecule has 232 valence electrons. The number of hydrogen-bond donors (Lipinski definition) is 3. The molecule has 9 nitrogen and oxygen atoms in total. The van der Waals surface area contributed by atoms with Gasteiger partial charge in [-0.2, -0.15) is 0 Å². The molecule has 0 aliphatic rings. The van der Waals surface area contributed by atoms with E-state index in [9.17, 15) is 19.2 Å². The van der Waals surface area contributed by atoms with Crippen molar-refractivity contribution in [2.75, 3.05) is 13.1 Å². The van der Waals surface area contributed by atoms with E-state index in [-0.39, 0.29) is 18.7 Å². The number of nitrogens with one attached hydrogen (secondary N) is 2. The molecule has 0 aliphatic heterocycles. The Morgan fingerprint density at radius 3 is 2.15 bits per heavy atom. The first-order valence-corrected chi connectivity index (χ1v) is 15.3. The van der Waals surface area contributed by atoms with Gasteiger partial charge in [0.25, 0.3) is 0 Å². The summed E-state index contributed by atoms with van der Waals surface area (Å²) in [5.41, 5.74) is 6.25. The van der Waals surface area contributed by atoms with Gasteiger partial charge in [-0.05, 0) is 58.1 Å². The number of benzene rings is 1. The highest BCUT2D eigenvalue weighted by Gasteiger charge is 2.36. The number of primary amides is 1. The Hall–Kier alpha value is -3.10. The topological polar surface area (TPSA) is 131 Å². The number of ether oxygens (including phenoxy) is 1. The predicted molar refractivity (Wildman–Crippen MR) is 163 cm³/mol. The molecule has 41 heavy (non-hydrogen) atoms. The molecule has 2 unspecified atom stereocenters. The van der Waals surface area contributed by atoms with Crippen LogP contribution in [0.15, 0.2) is 24.3 Å². The van der Waals surface area contributed by atoms with Crippen molar-refractivity contribution in [1.29, 1.82) is 0 Å². The normalized spacial score (nSPS) is 12.7. The van der Waals surface area contributed by atoms with E-state index in [1.807, 2.05) is 31.2 Å². The van der Waals surface area contributed by atoms with Crippen LogP contribution in [0.25, 0.3) is 0 Å². The lowest BCUT2D eigenvalue weighted by molar-refractivity contribution is -0.142. The third-order valence-electron chi connectivity index (χ3n) is 6.83. The van der Waals surface area contributed by atoms with Gasteiger partial charge in [0.15, 0.2) is 0 Å². The second-order valence-corrected chi connectivity index (χ2v) is 11.8. The zero-order chi connectivity index (χ0) is 30.8. The van der Waals surface area contributed by atoms with Crippen LogP contribution in [0.1, 0.15) is 122 Å². The molecule has 4 amide bonds. The third kappa shape index (κ3) is 14.4. The van der Waals surface area contributed by atoms with Gasteiger partial charge < -0.3 is 26.0 Å². The first kappa shape index (κ1) is 35.9. The Bertz CT molecular complexity index is 960. The van der Waals surface area contributed by atoms with Crippen LogP contribution in [0.2, 0.25) is 0 Å². The molecule has 0 spiro atoms. The number of carbonyl (C=O) groups is 4. The van der Waals surface area contributed by atoms with E-state index in [2.05, 4.69) is 24.5 Å². The van der Waals surface area contributed by atoms with Crippen molar-refractivity contribution in [2.24, 2.45) is 5.73 Å². The van der Waals surface area contributed by atoms with Crippen molar-refractivity contribution in [3.8, 4) is 0 Å². The minimum Gasteiger partial charge on any atom is -0.444 e. The zero-order valence-electron chi connectivity index (χ0n) is 26.2. The first-order chi connectivity index (χ1) is 19.4. The Labute approximate surface area is 247 Å². The van der Waals surface area contributed by atoms with Crippen molar-refractivity contribution in [3.05, 3.63) is 35.4 Å². The second-order valence-electron chi connectivity index (χ2n) is 11.8. The van der Waals surface area contributed by atoms with Crippen LogP contribution in [0.5, 0.6) is 0 Å². The fourth-order valence-electron chi connectivity index (χ4n) is 4.65. The number of hydrogen-bond acceptors (Lipinski definition) is 5. The zero-order valence-corrected chi connectivity index (χ0v) is 26.2. The number of nitrogens with zero attached hydrogens (tertiary/aromatic N) is 1. The van der Waals surface area contributed by atoms with Crippen molar-refractivity contribution < 1.29 is 23.9 Å². The molecule has 1 aromatic rings. The predicted octanol–water partition coefficient (Wildman–Crippen LogP) is 5.69. The Kier molecular flexibility index (Phi) is 16.7. The number of nitrogens with two attached hydrogens (primary N) is 1. The summed E-state index contributed by atoms with van der Waals surface area (Å²) in [6.07, 6.45) is 8.05. The van der Waals surface area contributed by atoms with Gasteiger partial charge in [0.05, 0.1) is 0 Å². The van der Waals surface area contributed by atoms with Crippen molar-refractivity contribution >= 4 is 23.8 Å². The fraction of sp³-hybridized carbons (Fsp3) is 0.688. The minimum atomic E-state index is -1.09. The van der Waals surface area contributed by atoms with Crippen molar-refractivity contribution in [3.63, 3.8) is 0 Å². The average molecular weight is 575 g/mol. The standard InChI is InChI=1S/C32H54N4O5/c1-7-9-11-12-13-17-23-36(30(39)26(20-21-27(33)37)35-31(40)41-32(4,5)6)28(25-19-15-14-18-24(25)3)29(38)34-22-16-10-8-2/h14-15,18-19,26,28H,7-13,16-17,20-23H2,1-6H3,(H2,33,37)(H,34,38)(H,35,40). The van der Waals surface area contributed by atoms with Crippen LogP contribution in [0.3, 0.4) is 0 Å². The summed E-state index contributed by atoms with van der Waals surface area (Å²) >= 11 is 0. The molecule has 0 aliphatic carbocycles. The summed E-state index contributed by atoms with van der Waals surface area (Å²) in [5, 5.41) is 5.69. The molecule has 2 atom stereocenters. The van der Waals surface area contributed by atoms with E-state index < -0.39 is 35.6 Å². The number of carbonyl (C=O) groups excluding carboxylic acids is 4. The highest BCUT2D eigenvalue weighted by molar-refractivity contribution is 5.92. The van der Waals surface area contributed by atoms with E-state index in [1.54, 1.807) is 25.7 Å². The lowest BCUT2D eigenvalue weighted by Gasteiger charge is -2.35. The molecule has 0 fully saturated rings. The molecule has 0 saturated heterocycles. The van der Waals surface area contributed by atoms with Crippen LogP contribution in [-0.4, -0.2) is 53.4 Å². The fourth-order valence-corrected chi connectivity index (χ4v) is 4.65. The molecule has 0 heterocycles. The van der Waals surface area contributed by atoms with E-state index in [0.717, 1.165) is 62.5 Å². The SMILES string of the molecule is CCCCCCCCN(C(=O)C(CCC(N)=O)NC(=O)OC(C)(C)C)C(C(=O)NCCCCC)c1ccccc1C. The van der Waals surface area contributed by atoms with Crippen LogP contribution >= 0.6 is 0 Å². The van der Waals surface area contributed by atoms with Gasteiger partial charge in [0.2, 0.25) is 17.7 Å². The summed E-state index contributed by atoms with van der Waals surface area (Å²) in [6.45, 7) is 12.2. The van der Waals surface area contributed by atoms with Crippen molar-refractivity contribution in [1.82, 2.24) is 15.5 Å². The summed E-state index contributed by atoms with van der Waals surface area (Å²) in [6, 6.07) is 5.57. The smallest absolute Gasteiger partial charge is 0.408 e. The number of aryl methyl sites for hydroxylation is 1. The van der Waals surface area contributed by atoms with Gasteiger partial charge in [0.1, 0.15) is 17.7 Å². The van der Waals surface area contributed by atoms with Crippen LogP contribution in [0, 0.1) is 6.92 Å². The molecule has 0 saturated carbocycles. The van der Waals surface area contributed by atoms with Crippen LogP contribution in [-0.2, 0) is 19.1 Å². The lowest BCUT2D eigenvalue weighted by Crippen LogP contribution is -2.53. The maximum Gasteiger partial charge on any atom is 0.408 e. The Morgan fingerprint density at radius 2 is 1.54 bits per heavy atom. The molecule has 0 bridgehead atoms. The summed E-state index contributed by atoms with van der Waals surface area (Å²) in [5.74, 6) is -1.29. The summed E-state index contributed by atoms with van der Waals surface area (Å²) in [7, 11) is 0. The van der Waals surface area contributed by atoms with Gasteiger partial charge >= 0.3 is 6.09 Å². The van der Waals surface area contributed by atoms with Gasteiger partial charge in [-0.25, -0.2) is 4.79 Å². The number of unbranched alkanes of at least 4 members (excludes halogenated alkanes) is 7. The van der Waals surface area contributed by atoms with Crippen LogP contribution in [0.4, 0.5) is 4.79 Å². The average Bonchev–Trinajstić information content (AvgIpc) is 2.89. The summed E-state index contributed by atoms with van der Waals surface area (Å²) in [4.78, 5) is 54.0. The molecule has 0 radical (unpaired) electrons. The highest BCUT2D eigenvalue weighted by Crippen LogP contribution is 2.27. The van der Waals surface area contributed by atoms with E-state index in [0.29, 0.717) is 19.5 Å². The largest absolute Gasteiger partial charge is 0.444 e. The number of amides is 4. The Balaban J connectivity index is 3.44. The Morgan fingerprint density at radius 1 is 0.927 bits per heavy atom. The van der Waals surface area contributed by atoms with Gasteiger partial charge in [0, 0.05) is 19.5 Å². The van der Waals surface area contributed by atoms with Gasteiger partial charge in [-0.15, -0.1) is 0 Å². The van der Waals surface area contributed by atoms with E-state index >= 15 is 0 Å². The van der Waals surface area contributed by atoms with E-state index in [4.69, 9.17) is 10.5 Å². The monoisotopic (exact) mass is 574 g/mol. The van der Waals surface area contributed by atoms with Crippen LogP contribution < -0.4 is 16.4 Å². The van der Waals surface area contributed by atoms with Gasteiger partial charge in [-0.1, -0.05) is 83.1 Å². The maximum atomic E-state index is 14.3. The molecule has 1 aromatic carbocycles. The first-order valence-electron chi connectivity index (χ1n) is 15.3. The lowest BCUT2D eigenvalue weighted by atomic mass is 9.97. The molecular weight excluding hydrogens is 520 g/mol. The summed E-state index contributed by atoms with van der Waals surface area (Å²) < 4.78 is 5.41. The molecule has 9 heteroatoms. The second kappa shape index (κ2) is 19.1. The molecule has 4 N–H and O–H groups in total. The van der Waals surface area contributed by atoms with Crippen molar-refractivity contribution in [2.45, 2.75) is 130 Å². The molecule has 1 rings (SSSR count). The maximum absolute atomic E-state index is 14.3.